The molecule has 0 radical (unpaired) electrons. The van der Waals surface area contributed by atoms with Gasteiger partial charge in [-0.1, -0.05) is 19.1 Å². The van der Waals surface area contributed by atoms with Gasteiger partial charge < -0.3 is 5.32 Å². The lowest BCUT2D eigenvalue weighted by Crippen LogP contribution is -2.34. The van der Waals surface area contributed by atoms with Crippen LogP contribution in [0.2, 0.25) is 0 Å². The average molecular weight is 306 g/mol. The molecule has 0 atom stereocenters. The summed E-state index contributed by atoms with van der Waals surface area (Å²) in [5.74, 6) is 1.11. The van der Waals surface area contributed by atoms with Crippen LogP contribution in [0.25, 0.3) is 10.6 Å². The number of aromatic nitrogens is 1. The maximum atomic E-state index is 4.53. The molecule has 0 saturated heterocycles. The monoisotopic (exact) mass is 306 g/mol. The summed E-state index contributed by atoms with van der Waals surface area (Å²) in [5, 5.41) is 4.60. The largest absolute Gasteiger partial charge is 0.307 e. The first-order valence-electron chi connectivity index (χ1n) is 6.91. The molecule has 1 aromatic carbocycles. The Morgan fingerprint density at radius 2 is 1.90 bits per heavy atom. The van der Waals surface area contributed by atoms with Crippen molar-refractivity contribution in [2.45, 2.75) is 44.7 Å². The minimum Gasteiger partial charge on any atom is -0.307 e. The minimum atomic E-state index is 0.142. The van der Waals surface area contributed by atoms with E-state index < -0.39 is 0 Å². The van der Waals surface area contributed by atoms with Gasteiger partial charge in [0.15, 0.2) is 0 Å². The van der Waals surface area contributed by atoms with E-state index in [0.29, 0.717) is 0 Å². The van der Waals surface area contributed by atoms with E-state index in [0.717, 1.165) is 17.3 Å². The molecule has 1 heterocycles. The number of thioether (sulfide) groups is 1. The molecular weight excluding hydrogens is 284 g/mol. The summed E-state index contributed by atoms with van der Waals surface area (Å²) in [4.78, 5) is 7.14. The van der Waals surface area contributed by atoms with Gasteiger partial charge in [0.05, 0.1) is 0 Å². The molecule has 2 aromatic rings. The number of hydrogen-bond donors (Lipinski definition) is 1. The highest BCUT2D eigenvalue weighted by atomic mass is 32.2. The van der Waals surface area contributed by atoms with Gasteiger partial charge >= 0.3 is 0 Å². The van der Waals surface area contributed by atoms with Crippen molar-refractivity contribution in [2.75, 3.05) is 5.75 Å². The first-order chi connectivity index (χ1) is 9.48. The van der Waals surface area contributed by atoms with Crippen LogP contribution in [0.5, 0.6) is 0 Å². The molecular formula is C16H22N2S2. The minimum absolute atomic E-state index is 0.142. The topological polar surface area (TPSA) is 24.9 Å². The maximum absolute atomic E-state index is 4.53. The van der Waals surface area contributed by atoms with Gasteiger partial charge in [-0.05, 0) is 38.7 Å². The number of nitrogens with zero attached hydrogens (tertiary/aromatic N) is 1. The molecule has 0 saturated carbocycles. The van der Waals surface area contributed by atoms with E-state index in [1.165, 1.54) is 15.3 Å². The molecule has 0 aliphatic heterocycles. The fraction of sp³-hybridized carbons (Fsp3) is 0.438. The van der Waals surface area contributed by atoms with Crippen molar-refractivity contribution in [2.24, 2.45) is 0 Å². The summed E-state index contributed by atoms with van der Waals surface area (Å²) >= 11 is 3.63. The van der Waals surface area contributed by atoms with E-state index in [2.05, 4.69) is 62.3 Å². The maximum Gasteiger partial charge on any atom is 0.123 e. The van der Waals surface area contributed by atoms with E-state index in [-0.39, 0.29) is 5.54 Å². The van der Waals surface area contributed by atoms with E-state index >= 15 is 0 Å². The van der Waals surface area contributed by atoms with Crippen molar-refractivity contribution in [3.05, 3.63) is 35.3 Å². The Morgan fingerprint density at radius 3 is 2.50 bits per heavy atom. The summed E-state index contributed by atoms with van der Waals surface area (Å²) < 4.78 is 0. The van der Waals surface area contributed by atoms with Crippen molar-refractivity contribution in [1.82, 2.24) is 10.3 Å². The van der Waals surface area contributed by atoms with Gasteiger partial charge in [-0.25, -0.2) is 4.98 Å². The summed E-state index contributed by atoms with van der Waals surface area (Å²) in [6.07, 6.45) is 1.98. The van der Waals surface area contributed by atoms with Crippen LogP contribution in [0, 0.1) is 0 Å². The Hall–Kier alpha value is -0.840. The highest BCUT2D eigenvalue weighted by Gasteiger charge is 2.10. The number of rotatable bonds is 5. The molecule has 0 fully saturated rings. The van der Waals surface area contributed by atoms with Gasteiger partial charge in [0.25, 0.3) is 0 Å². The zero-order valence-electron chi connectivity index (χ0n) is 12.6. The van der Waals surface area contributed by atoms with Crippen molar-refractivity contribution >= 4 is 23.1 Å². The number of hydrogen-bond acceptors (Lipinski definition) is 4. The van der Waals surface area contributed by atoms with Gasteiger partial charge in [0, 0.05) is 33.6 Å². The predicted octanol–water partition coefficient (Wildman–Crippen LogP) is 4.81. The fourth-order valence-electron chi connectivity index (χ4n) is 1.74. The second kappa shape index (κ2) is 6.74. The molecule has 1 aromatic heterocycles. The average Bonchev–Trinajstić information content (AvgIpc) is 2.86. The zero-order chi connectivity index (χ0) is 14.6. The van der Waals surface area contributed by atoms with Crippen LogP contribution in [0.15, 0.2) is 35.4 Å². The molecule has 0 amide bonds. The molecule has 1 N–H and O–H groups in total. The van der Waals surface area contributed by atoms with Crippen LogP contribution in [0.4, 0.5) is 0 Å². The second-order valence-corrected chi connectivity index (χ2v) is 8.15. The smallest absolute Gasteiger partial charge is 0.123 e. The van der Waals surface area contributed by atoms with E-state index in [9.17, 15) is 0 Å². The van der Waals surface area contributed by atoms with Crippen LogP contribution in [-0.2, 0) is 6.54 Å². The molecule has 2 rings (SSSR count). The van der Waals surface area contributed by atoms with Gasteiger partial charge in [-0.3, -0.25) is 0 Å². The lowest BCUT2D eigenvalue weighted by Gasteiger charge is -2.19. The zero-order valence-corrected chi connectivity index (χ0v) is 14.2. The van der Waals surface area contributed by atoms with Gasteiger partial charge in [0.1, 0.15) is 5.01 Å². The Labute approximate surface area is 130 Å². The Morgan fingerprint density at radius 1 is 1.20 bits per heavy atom. The van der Waals surface area contributed by atoms with Gasteiger partial charge in [-0.2, -0.15) is 0 Å². The van der Waals surface area contributed by atoms with Crippen LogP contribution in [0.1, 0.15) is 32.6 Å². The third-order valence-corrected chi connectivity index (χ3v) is 4.70. The van der Waals surface area contributed by atoms with E-state index in [4.69, 9.17) is 0 Å². The highest BCUT2D eigenvalue weighted by molar-refractivity contribution is 7.99. The van der Waals surface area contributed by atoms with Crippen molar-refractivity contribution in [3.63, 3.8) is 0 Å². The van der Waals surface area contributed by atoms with E-state index in [1.807, 2.05) is 18.0 Å². The third-order valence-electron chi connectivity index (χ3n) is 2.76. The van der Waals surface area contributed by atoms with E-state index in [1.54, 1.807) is 11.3 Å². The molecule has 2 nitrogen and oxygen atoms in total. The lowest BCUT2D eigenvalue weighted by atomic mass is 10.1. The van der Waals surface area contributed by atoms with Crippen molar-refractivity contribution in [3.8, 4) is 10.6 Å². The van der Waals surface area contributed by atoms with Crippen molar-refractivity contribution in [1.29, 1.82) is 0 Å². The molecule has 0 aliphatic carbocycles. The molecule has 0 bridgehead atoms. The Bertz CT molecular complexity index is 538. The molecule has 20 heavy (non-hydrogen) atoms. The standard InChI is InChI=1S/C16H22N2S2/c1-5-19-13-8-6-12(7-9-13)15-17-10-14(20-15)11-18-16(2,3)4/h6-10,18H,5,11H2,1-4H3. The van der Waals surface area contributed by atoms with Crippen LogP contribution in [-0.4, -0.2) is 16.3 Å². The molecule has 0 spiro atoms. The fourth-order valence-corrected chi connectivity index (χ4v) is 3.25. The van der Waals surface area contributed by atoms with Gasteiger partial charge in [-0.15, -0.1) is 23.1 Å². The summed E-state index contributed by atoms with van der Waals surface area (Å²) in [5.41, 5.74) is 1.35. The quantitative estimate of drug-likeness (QED) is 0.802. The number of thiazole rings is 1. The number of nitrogens with one attached hydrogen (secondary N) is 1. The SMILES string of the molecule is CCSc1ccc(-c2ncc(CNC(C)(C)C)s2)cc1. The first kappa shape index (κ1) is 15.5. The summed E-state index contributed by atoms with van der Waals surface area (Å²) in [7, 11) is 0. The van der Waals surface area contributed by atoms with Gasteiger partial charge in [0.2, 0.25) is 0 Å². The number of benzene rings is 1. The lowest BCUT2D eigenvalue weighted by molar-refractivity contribution is 0.426. The summed E-state index contributed by atoms with van der Waals surface area (Å²) in [6.45, 7) is 9.59. The highest BCUT2D eigenvalue weighted by Crippen LogP contribution is 2.27. The first-order valence-corrected chi connectivity index (χ1v) is 8.71. The Balaban J connectivity index is 2.04. The molecule has 4 heteroatoms. The van der Waals surface area contributed by atoms with Crippen LogP contribution < -0.4 is 5.32 Å². The Kier molecular flexibility index (Phi) is 5.24. The second-order valence-electron chi connectivity index (χ2n) is 5.69. The molecule has 108 valence electrons. The predicted molar refractivity (Wildman–Crippen MR) is 90.5 cm³/mol. The normalized spacial score (nSPS) is 11.8. The molecule has 0 aliphatic rings. The van der Waals surface area contributed by atoms with Crippen LogP contribution in [0.3, 0.4) is 0 Å². The van der Waals surface area contributed by atoms with Crippen LogP contribution >= 0.6 is 23.1 Å². The van der Waals surface area contributed by atoms with Crippen molar-refractivity contribution < 1.29 is 0 Å². The summed E-state index contributed by atoms with van der Waals surface area (Å²) in [6, 6.07) is 8.69. The molecule has 0 unspecified atom stereocenters. The third kappa shape index (κ3) is 4.62.